The lowest BCUT2D eigenvalue weighted by Crippen LogP contribution is -2.21. The van der Waals surface area contributed by atoms with E-state index in [9.17, 15) is 0 Å². The number of rotatable bonds is 3. The highest BCUT2D eigenvalue weighted by molar-refractivity contribution is 5.59. The first-order valence-corrected chi connectivity index (χ1v) is 7.76. The lowest BCUT2D eigenvalue weighted by Gasteiger charge is -2.21. The SMILES string of the molecule is CNc1nc(C(C)(C)C)nc(NC2C(C)(C)C2(C)C)c1C. The van der Waals surface area contributed by atoms with Gasteiger partial charge in [-0.25, -0.2) is 9.97 Å². The van der Waals surface area contributed by atoms with Crippen molar-refractivity contribution in [3.63, 3.8) is 0 Å². The summed E-state index contributed by atoms with van der Waals surface area (Å²) in [5.41, 5.74) is 1.59. The lowest BCUT2D eigenvalue weighted by atomic mass is 9.95. The average molecular weight is 290 g/mol. The van der Waals surface area contributed by atoms with Gasteiger partial charge in [0.15, 0.2) is 0 Å². The van der Waals surface area contributed by atoms with Gasteiger partial charge in [0, 0.05) is 24.1 Å². The largest absolute Gasteiger partial charge is 0.373 e. The number of hydrogen-bond acceptors (Lipinski definition) is 4. The Hall–Kier alpha value is -1.32. The van der Waals surface area contributed by atoms with Crippen LogP contribution in [0.25, 0.3) is 0 Å². The lowest BCUT2D eigenvalue weighted by molar-refractivity contribution is 0.457. The summed E-state index contributed by atoms with van der Waals surface area (Å²) >= 11 is 0. The van der Waals surface area contributed by atoms with E-state index in [0.717, 1.165) is 23.0 Å². The quantitative estimate of drug-likeness (QED) is 0.884. The van der Waals surface area contributed by atoms with Gasteiger partial charge < -0.3 is 10.6 Å². The molecule has 0 bridgehead atoms. The summed E-state index contributed by atoms with van der Waals surface area (Å²) in [7, 11) is 1.91. The minimum absolute atomic E-state index is 0.0652. The van der Waals surface area contributed by atoms with E-state index in [-0.39, 0.29) is 16.2 Å². The first-order valence-electron chi connectivity index (χ1n) is 7.76. The molecule has 2 N–H and O–H groups in total. The molecule has 1 aromatic rings. The topological polar surface area (TPSA) is 49.8 Å². The van der Waals surface area contributed by atoms with Crippen molar-refractivity contribution < 1.29 is 0 Å². The van der Waals surface area contributed by atoms with Crippen LogP contribution in [-0.4, -0.2) is 23.1 Å². The van der Waals surface area contributed by atoms with Crippen molar-refractivity contribution in [2.45, 2.75) is 66.8 Å². The molecule has 4 nitrogen and oxygen atoms in total. The fourth-order valence-electron chi connectivity index (χ4n) is 2.93. The summed E-state index contributed by atoms with van der Waals surface area (Å²) in [5.74, 6) is 2.74. The second-order valence-corrected chi connectivity index (χ2v) is 8.39. The van der Waals surface area contributed by atoms with E-state index in [1.807, 2.05) is 7.05 Å². The van der Waals surface area contributed by atoms with Gasteiger partial charge in [0.2, 0.25) is 0 Å². The highest BCUT2D eigenvalue weighted by Gasteiger charge is 2.65. The Morgan fingerprint density at radius 1 is 0.952 bits per heavy atom. The number of anilines is 2. The molecule has 0 unspecified atom stereocenters. The van der Waals surface area contributed by atoms with Crippen molar-refractivity contribution in [2.75, 3.05) is 17.7 Å². The van der Waals surface area contributed by atoms with E-state index >= 15 is 0 Å². The minimum atomic E-state index is -0.0652. The number of aromatic nitrogens is 2. The van der Waals surface area contributed by atoms with Crippen molar-refractivity contribution in [1.29, 1.82) is 0 Å². The zero-order chi connectivity index (χ0) is 16.2. The molecule has 1 fully saturated rings. The number of nitrogens with one attached hydrogen (secondary N) is 2. The molecule has 1 heterocycles. The molecule has 0 atom stereocenters. The molecule has 0 spiro atoms. The molecule has 1 aromatic heterocycles. The Balaban J connectivity index is 2.40. The molecule has 0 amide bonds. The Bertz CT molecular complexity index is 539. The average Bonchev–Trinajstić information content (AvgIpc) is 2.72. The second-order valence-electron chi connectivity index (χ2n) is 8.39. The Kier molecular flexibility index (Phi) is 3.51. The molecular weight excluding hydrogens is 260 g/mol. The third-order valence-corrected chi connectivity index (χ3v) is 5.36. The molecule has 0 radical (unpaired) electrons. The zero-order valence-electron chi connectivity index (χ0n) is 15.0. The van der Waals surface area contributed by atoms with Crippen LogP contribution < -0.4 is 10.6 Å². The van der Waals surface area contributed by atoms with E-state index < -0.39 is 0 Å². The Morgan fingerprint density at radius 2 is 1.43 bits per heavy atom. The predicted octanol–water partition coefficient (Wildman–Crippen LogP) is 3.97. The predicted molar refractivity (Wildman–Crippen MR) is 90.0 cm³/mol. The zero-order valence-corrected chi connectivity index (χ0v) is 15.0. The molecular formula is C17H30N4. The monoisotopic (exact) mass is 290 g/mol. The van der Waals surface area contributed by atoms with E-state index in [1.165, 1.54) is 0 Å². The summed E-state index contributed by atoms with van der Waals surface area (Å²) in [6.07, 6.45) is 0. The highest BCUT2D eigenvalue weighted by Crippen LogP contribution is 2.63. The van der Waals surface area contributed by atoms with Gasteiger partial charge in [-0.3, -0.25) is 0 Å². The maximum atomic E-state index is 4.80. The maximum Gasteiger partial charge on any atom is 0.138 e. The maximum absolute atomic E-state index is 4.80. The van der Waals surface area contributed by atoms with E-state index in [0.29, 0.717) is 6.04 Å². The van der Waals surface area contributed by atoms with Crippen molar-refractivity contribution in [2.24, 2.45) is 10.8 Å². The van der Waals surface area contributed by atoms with Crippen LogP contribution in [0, 0.1) is 17.8 Å². The van der Waals surface area contributed by atoms with Gasteiger partial charge in [-0.1, -0.05) is 48.5 Å². The van der Waals surface area contributed by atoms with Gasteiger partial charge in [0.05, 0.1) is 0 Å². The molecule has 118 valence electrons. The summed E-state index contributed by atoms with van der Waals surface area (Å²) < 4.78 is 0. The van der Waals surface area contributed by atoms with E-state index in [1.54, 1.807) is 0 Å². The molecule has 2 rings (SSSR count). The van der Waals surface area contributed by atoms with E-state index in [2.05, 4.69) is 71.0 Å². The smallest absolute Gasteiger partial charge is 0.138 e. The number of nitrogens with zero attached hydrogens (tertiary/aromatic N) is 2. The Labute approximate surface area is 129 Å². The second kappa shape index (κ2) is 4.59. The molecule has 0 aromatic carbocycles. The third kappa shape index (κ3) is 2.49. The van der Waals surface area contributed by atoms with Gasteiger partial charge in [-0.05, 0) is 17.8 Å². The molecule has 1 saturated carbocycles. The Morgan fingerprint density at radius 3 is 1.81 bits per heavy atom. The molecule has 0 aliphatic heterocycles. The van der Waals surface area contributed by atoms with Gasteiger partial charge in [-0.2, -0.15) is 0 Å². The minimum Gasteiger partial charge on any atom is -0.373 e. The molecule has 4 heteroatoms. The normalized spacial score (nSPS) is 20.2. The van der Waals surface area contributed by atoms with Gasteiger partial charge in [0.25, 0.3) is 0 Å². The van der Waals surface area contributed by atoms with Crippen molar-refractivity contribution in [1.82, 2.24) is 9.97 Å². The van der Waals surface area contributed by atoms with E-state index in [4.69, 9.17) is 4.98 Å². The highest BCUT2D eigenvalue weighted by atomic mass is 15.1. The molecule has 1 aliphatic rings. The summed E-state index contributed by atoms with van der Waals surface area (Å²) in [6.45, 7) is 17.7. The van der Waals surface area contributed by atoms with Crippen molar-refractivity contribution in [3.8, 4) is 0 Å². The van der Waals surface area contributed by atoms with Crippen LogP contribution in [-0.2, 0) is 5.41 Å². The van der Waals surface area contributed by atoms with Crippen LogP contribution in [0.3, 0.4) is 0 Å². The van der Waals surface area contributed by atoms with Gasteiger partial charge >= 0.3 is 0 Å². The molecule has 21 heavy (non-hydrogen) atoms. The van der Waals surface area contributed by atoms with Crippen LogP contribution >= 0.6 is 0 Å². The van der Waals surface area contributed by atoms with Crippen molar-refractivity contribution >= 4 is 11.6 Å². The molecule has 0 saturated heterocycles. The van der Waals surface area contributed by atoms with Gasteiger partial charge in [-0.15, -0.1) is 0 Å². The first kappa shape index (κ1) is 16.1. The molecule has 1 aliphatic carbocycles. The standard InChI is InChI=1S/C17H30N4/c1-10-11(18-9)20-14(15(2,3)4)21-12(10)19-13-16(5,6)17(13,7)8/h13H,1-9H3,(H2,18,19,20,21). The third-order valence-electron chi connectivity index (χ3n) is 5.36. The summed E-state index contributed by atoms with van der Waals surface area (Å²) in [4.78, 5) is 9.46. The van der Waals surface area contributed by atoms with Gasteiger partial charge in [0.1, 0.15) is 17.5 Å². The first-order chi connectivity index (χ1) is 9.42. The van der Waals surface area contributed by atoms with Crippen LogP contribution in [0.2, 0.25) is 0 Å². The van der Waals surface area contributed by atoms with Crippen LogP contribution in [0.5, 0.6) is 0 Å². The number of hydrogen-bond donors (Lipinski definition) is 2. The van der Waals surface area contributed by atoms with Crippen LogP contribution in [0.4, 0.5) is 11.6 Å². The fraction of sp³-hybridized carbons (Fsp3) is 0.765. The summed E-state index contributed by atoms with van der Waals surface area (Å²) in [6, 6.07) is 0.441. The summed E-state index contributed by atoms with van der Waals surface area (Å²) in [5, 5.41) is 6.85. The van der Waals surface area contributed by atoms with Crippen LogP contribution in [0.15, 0.2) is 0 Å². The fourth-order valence-corrected chi connectivity index (χ4v) is 2.93. The van der Waals surface area contributed by atoms with Crippen LogP contribution in [0.1, 0.15) is 59.9 Å². The van der Waals surface area contributed by atoms with Crippen molar-refractivity contribution in [3.05, 3.63) is 11.4 Å².